The molecule has 0 heterocycles. The molecule has 0 atom stereocenters. The van der Waals surface area contributed by atoms with E-state index in [0.717, 1.165) is 11.1 Å². The highest BCUT2D eigenvalue weighted by molar-refractivity contribution is 6.32. The van der Waals surface area contributed by atoms with Crippen LogP contribution in [0.1, 0.15) is 31.9 Å². The molecule has 0 radical (unpaired) electrons. The van der Waals surface area contributed by atoms with E-state index < -0.39 is 5.97 Å². The predicted octanol–water partition coefficient (Wildman–Crippen LogP) is 5.25. The summed E-state index contributed by atoms with van der Waals surface area (Å²) in [5.74, 6) is 0.585. The Labute approximate surface area is 146 Å². The van der Waals surface area contributed by atoms with Gasteiger partial charge in [-0.25, -0.2) is 0 Å². The van der Waals surface area contributed by atoms with Crippen LogP contribution in [-0.2, 0) is 10.2 Å². The third kappa shape index (κ3) is 3.80. The Kier molecular flexibility index (Phi) is 5.23. The molecular formula is C18H18Cl2O3. The van der Waals surface area contributed by atoms with Gasteiger partial charge in [-0.15, -0.1) is 0 Å². The maximum Gasteiger partial charge on any atom is 0.308 e. The number of ether oxygens (including phenoxy) is 2. The van der Waals surface area contributed by atoms with Gasteiger partial charge in [-0.05, 0) is 35.4 Å². The van der Waals surface area contributed by atoms with E-state index in [1.54, 1.807) is 19.2 Å². The summed E-state index contributed by atoms with van der Waals surface area (Å²) in [5.41, 5.74) is 1.69. The maximum atomic E-state index is 11.1. The van der Waals surface area contributed by atoms with Crippen LogP contribution in [0.25, 0.3) is 0 Å². The fraction of sp³-hybridized carbons (Fsp3) is 0.278. The van der Waals surface area contributed by atoms with Crippen LogP contribution in [-0.4, -0.2) is 13.1 Å². The van der Waals surface area contributed by atoms with Crippen LogP contribution >= 0.6 is 23.2 Å². The molecule has 0 aliphatic carbocycles. The minimum Gasteiger partial charge on any atom is -0.495 e. The summed E-state index contributed by atoms with van der Waals surface area (Å²) >= 11 is 12.5. The largest absolute Gasteiger partial charge is 0.495 e. The first-order valence-electron chi connectivity index (χ1n) is 7.08. The van der Waals surface area contributed by atoms with Gasteiger partial charge >= 0.3 is 5.97 Å². The first-order chi connectivity index (χ1) is 10.8. The Hall–Kier alpha value is -1.71. The molecule has 2 aromatic carbocycles. The Morgan fingerprint density at radius 1 is 0.957 bits per heavy atom. The van der Waals surface area contributed by atoms with E-state index >= 15 is 0 Å². The monoisotopic (exact) mass is 352 g/mol. The number of rotatable bonds is 4. The summed E-state index contributed by atoms with van der Waals surface area (Å²) in [6.45, 7) is 5.48. The molecule has 0 fully saturated rings. The van der Waals surface area contributed by atoms with Crippen molar-refractivity contribution >= 4 is 29.2 Å². The maximum absolute atomic E-state index is 11.1. The number of carbonyl (C=O) groups excluding carboxylic acids is 1. The smallest absolute Gasteiger partial charge is 0.308 e. The van der Waals surface area contributed by atoms with Gasteiger partial charge in [0, 0.05) is 12.3 Å². The Morgan fingerprint density at radius 2 is 1.43 bits per heavy atom. The standard InChI is InChI=1S/C18H18Cl2O3/c1-11(21)23-17-8-6-13(10-15(17)20)18(2,3)12-5-7-16(22-4)14(19)9-12/h5-10H,1-4H3. The highest BCUT2D eigenvalue weighted by Gasteiger charge is 2.25. The van der Waals surface area contributed by atoms with Crippen LogP contribution in [0, 0.1) is 0 Å². The fourth-order valence-corrected chi connectivity index (χ4v) is 2.83. The average molecular weight is 353 g/mol. The first-order valence-corrected chi connectivity index (χ1v) is 7.83. The minimum absolute atomic E-state index is 0.325. The summed E-state index contributed by atoms with van der Waals surface area (Å²) in [6.07, 6.45) is 0. The highest BCUT2D eigenvalue weighted by Crippen LogP contribution is 2.38. The molecule has 122 valence electrons. The predicted molar refractivity (Wildman–Crippen MR) is 92.9 cm³/mol. The van der Waals surface area contributed by atoms with E-state index in [4.69, 9.17) is 32.7 Å². The number of hydrogen-bond donors (Lipinski definition) is 0. The summed E-state index contributed by atoms with van der Waals surface area (Å²) in [6, 6.07) is 11.1. The summed E-state index contributed by atoms with van der Waals surface area (Å²) in [5, 5.41) is 0.950. The highest BCUT2D eigenvalue weighted by atomic mass is 35.5. The van der Waals surface area contributed by atoms with E-state index in [2.05, 4.69) is 13.8 Å². The Bertz CT molecular complexity index is 739. The third-order valence-corrected chi connectivity index (χ3v) is 4.37. The average Bonchev–Trinajstić information content (AvgIpc) is 2.48. The van der Waals surface area contributed by atoms with Crippen molar-refractivity contribution in [1.29, 1.82) is 0 Å². The van der Waals surface area contributed by atoms with Crippen LogP contribution < -0.4 is 9.47 Å². The molecule has 2 rings (SSSR count). The molecule has 3 nitrogen and oxygen atoms in total. The molecule has 0 amide bonds. The number of esters is 1. The summed E-state index contributed by atoms with van der Waals surface area (Å²) in [4.78, 5) is 11.1. The van der Waals surface area contributed by atoms with Gasteiger partial charge in [0.15, 0.2) is 0 Å². The third-order valence-electron chi connectivity index (χ3n) is 3.78. The van der Waals surface area contributed by atoms with Crippen LogP contribution in [0.2, 0.25) is 10.0 Å². The summed E-state index contributed by atoms with van der Waals surface area (Å²) in [7, 11) is 1.58. The lowest BCUT2D eigenvalue weighted by Crippen LogP contribution is -2.19. The van der Waals surface area contributed by atoms with Gasteiger partial charge in [0.25, 0.3) is 0 Å². The zero-order chi connectivity index (χ0) is 17.2. The molecule has 0 bridgehead atoms. The van der Waals surface area contributed by atoms with Crippen molar-refractivity contribution in [2.24, 2.45) is 0 Å². The van der Waals surface area contributed by atoms with Crippen LogP contribution in [0.5, 0.6) is 11.5 Å². The number of benzene rings is 2. The lowest BCUT2D eigenvalue weighted by Gasteiger charge is -2.27. The van der Waals surface area contributed by atoms with Crippen molar-refractivity contribution in [3.05, 3.63) is 57.6 Å². The van der Waals surface area contributed by atoms with Crippen LogP contribution in [0.15, 0.2) is 36.4 Å². The van der Waals surface area contributed by atoms with Crippen molar-refractivity contribution < 1.29 is 14.3 Å². The molecule has 0 aromatic heterocycles. The molecule has 0 N–H and O–H groups in total. The van der Waals surface area contributed by atoms with E-state index in [-0.39, 0.29) is 5.41 Å². The SMILES string of the molecule is COc1ccc(C(C)(C)c2ccc(OC(C)=O)c(Cl)c2)cc1Cl. The fourth-order valence-electron chi connectivity index (χ4n) is 2.35. The molecule has 0 aliphatic rings. The zero-order valence-corrected chi connectivity index (χ0v) is 15.0. The van der Waals surface area contributed by atoms with E-state index in [1.807, 2.05) is 24.3 Å². The molecule has 0 spiro atoms. The first kappa shape index (κ1) is 17.6. The van der Waals surface area contributed by atoms with E-state index in [0.29, 0.717) is 21.5 Å². The van der Waals surface area contributed by atoms with Crippen molar-refractivity contribution in [2.45, 2.75) is 26.2 Å². The number of hydrogen-bond acceptors (Lipinski definition) is 3. The minimum atomic E-state index is -0.402. The van der Waals surface area contributed by atoms with Gasteiger partial charge in [0.2, 0.25) is 0 Å². The lowest BCUT2D eigenvalue weighted by molar-refractivity contribution is -0.131. The second kappa shape index (κ2) is 6.81. The van der Waals surface area contributed by atoms with Gasteiger partial charge < -0.3 is 9.47 Å². The van der Waals surface area contributed by atoms with Crippen molar-refractivity contribution in [2.75, 3.05) is 7.11 Å². The normalized spacial score (nSPS) is 11.2. The Morgan fingerprint density at radius 3 is 1.83 bits per heavy atom. The topological polar surface area (TPSA) is 35.5 Å². The van der Waals surface area contributed by atoms with E-state index in [1.165, 1.54) is 6.92 Å². The van der Waals surface area contributed by atoms with Crippen molar-refractivity contribution in [3.8, 4) is 11.5 Å². The molecule has 23 heavy (non-hydrogen) atoms. The number of carbonyl (C=O) groups is 1. The van der Waals surface area contributed by atoms with Crippen molar-refractivity contribution in [3.63, 3.8) is 0 Å². The second-order valence-electron chi connectivity index (χ2n) is 5.71. The quantitative estimate of drug-likeness (QED) is 0.556. The molecule has 5 heteroatoms. The van der Waals surface area contributed by atoms with Gasteiger partial charge in [0.05, 0.1) is 17.2 Å². The van der Waals surface area contributed by atoms with Gasteiger partial charge in [0.1, 0.15) is 11.5 Å². The second-order valence-corrected chi connectivity index (χ2v) is 6.53. The molecule has 0 aliphatic heterocycles. The molecule has 0 saturated heterocycles. The van der Waals surface area contributed by atoms with Gasteiger partial charge in [-0.1, -0.05) is 49.2 Å². The van der Waals surface area contributed by atoms with Crippen LogP contribution in [0.3, 0.4) is 0 Å². The number of methoxy groups -OCH3 is 1. The van der Waals surface area contributed by atoms with Gasteiger partial charge in [-0.3, -0.25) is 4.79 Å². The van der Waals surface area contributed by atoms with Crippen LogP contribution in [0.4, 0.5) is 0 Å². The molecular weight excluding hydrogens is 335 g/mol. The summed E-state index contributed by atoms with van der Waals surface area (Å²) < 4.78 is 10.2. The lowest BCUT2D eigenvalue weighted by atomic mass is 9.78. The zero-order valence-electron chi connectivity index (χ0n) is 13.4. The van der Waals surface area contributed by atoms with Crippen molar-refractivity contribution in [1.82, 2.24) is 0 Å². The van der Waals surface area contributed by atoms with E-state index in [9.17, 15) is 4.79 Å². The number of halogens is 2. The Balaban J connectivity index is 2.41. The van der Waals surface area contributed by atoms with Gasteiger partial charge in [-0.2, -0.15) is 0 Å². The molecule has 0 saturated carbocycles. The molecule has 0 unspecified atom stereocenters. The molecule has 2 aromatic rings.